The van der Waals surface area contributed by atoms with Crippen LogP contribution >= 0.6 is 0 Å². The first-order valence-corrected chi connectivity index (χ1v) is 6.46. The number of nitriles is 1. The number of piperidine rings is 1. The number of hydrogen-bond donors (Lipinski definition) is 1. The Hall–Kier alpha value is -1.74. The molecule has 1 aromatic carbocycles. The van der Waals surface area contributed by atoms with Crippen molar-refractivity contribution in [2.45, 2.75) is 38.0 Å². The van der Waals surface area contributed by atoms with Gasteiger partial charge in [-0.1, -0.05) is 0 Å². The molecule has 1 saturated heterocycles. The van der Waals surface area contributed by atoms with Crippen molar-refractivity contribution in [2.24, 2.45) is 5.73 Å². The predicted octanol–water partition coefficient (Wildman–Crippen LogP) is 2.89. The van der Waals surface area contributed by atoms with Crippen LogP contribution in [0.5, 0.6) is 0 Å². The summed E-state index contributed by atoms with van der Waals surface area (Å²) in [6.45, 7) is 2.68. The lowest BCUT2D eigenvalue weighted by molar-refractivity contribution is -0.137. The third-order valence-corrected chi connectivity index (χ3v) is 3.68. The van der Waals surface area contributed by atoms with Gasteiger partial charge in [0.2, 0.25) is 0 Å². The van der Waals surface area contributed by atoms with Crippen molar-refractivity contribution in [3.05, 3.63) is 29.3 Å². The van der Waals surface area contributed by atoms with Crippen LogP contribution in [0.3, 0.4) is 0 Å². The maximum Gasteiger partial charge on any atom is 0.417 e. The molecule has 0 saturated carbocycles. The summed E-state index contributed by atoms with van der Waals surface area (Å²) in [4.78, 5) is 2.00. The van der Waals surface area contributed by atoms with Crippen molar-refractivity contribution in [2.75, 3.05) is 11.4 Å². The van der Waals surface area contributed by atoms with E-state index >= 15 is 0 Å². The first kappa shape index (κ1) is 14.7. The summed E-state index contributed by atoms with van der Waals surface area (Å²) < 4.78 is 38.3. The third-order valence-electron chi connectivity index (χ3n) is 3.68. The Morgan fingerprint density at radius 2 is 2.10 bits per heavy atom. The summed E-state index contributed by atoms with van der Waals surface area (Å²) >= 11 is 0. The Morgan fingerprint density at radius 3 is 2.65 bits per heavy atom. The fourth-order valence-corrected chi connectivity index (χ4v) is 2.64. The van der Waals surface area contributed by atoms with Crippen LogP contribution in [0, 0.1) is 11.3 Å². The molecule has 6 heteroatoms. The Morgan fingerprint density at radius 1 is 1.40 bits per heavy atom. The lowest BCUT2D eigenvalue weighted by atomic mass is 9.97. The number of halogens is 3. The maximum absolute atomic E-state index is 12.8. The van der Waals surface area contributed by atoms with E-state index < -0.39 is 11.7 Å². The van der Waals surface area contributed by atoms with Crippen LogP contribution < -0.4 is 10.6 Å². The summed E-state index contributed by atoms with van der Waals surface area (Å²) in [6.07, 6.45) is -2.91. The smallest absolute Gasteiger partial charge is 0.369 e. The fourth-order valence-electron chi connectivity index (χ4n) is 2.64. The SMILES string of the molecule is CC1CC(N)CCN1c1ccc(C(F)(F)F)c(C#N)c1. The zero-order chi connectivity index (χ0) is 14.9. The van der Waals surface area contributed by atoms with Crippen molar-refractivity contribution in [1.82, 2.24) is 0 Å². The molecule has 1 aliphatic rings. The van der Waals surface area contributed by atoms with Crippen molar-refractivity contribution in [3.63, 3.8) is 0 Å². The molecular weight excluding hydrogens is 267 g/mol. The van der Waals surface area contributed by atoms with E-state index in [2.05, 4.69) is 0 Å². The summed E-state index contributed by atoms with van der Waals surface area (Å²) in [5.41, 5.74) is 5.30. The molecule has 0 aliphatic carbocycles. The van der Waals surface area contributed by atoms with E-state index in [1.165, 1.54) is 12.1 Å². The predicted molar refractivity (Wildman–Crippen MR) is 70.2 cm³/mol. The van der Waals surface area contributed by atoms with Crippen LogP contribution in [-0.4, -0.2) is 18.6 Å². The summed E-state index contributed by atoms with van der Waals surface area (Å²) in [7, 11) is 0. The molecule has 2 rings (SSSR count). The van der Waals surface area contributed by atoms with Crippen LogP contribution in [0.15, 0.2) is 18.2 Å². The number of anilines is 1. The molecule has 0 amide bonds. The van der Waals surface area contributed by atoms with Crippen LogP contribution in [0.25, 0.3) is 0 Å². The van der Waals surface area contributed by atoms with E-state index in [1.807, 2.05) is 11.8 Å². The molecule has 2 N–H and O–H groups in total. The van der Waals surface area contributed by atoms with Gasteiger partial charge in [0.05, 0.1) is 17.2 Å². The second-order valence-electron chi connectivity index (χ2n) is 5.17. The lowest BCUT2D eigenvalue weighted by Crippen LogP contribution is -2.45. The number of nitrogens with two attached hydrogens (primary N) is 1. The normalized spacial score (nSPS) is 23.5. The Kier molecular flexibility index (Phi) is 3.91. The number of nitrogens with zero attached hydrogens (tertiary/aromatic N) is 2. The van der Waals surface area contributed by atoms with Gasteiger partial charge in [0.1, 0.15) is 0 Å². The van der Waals surface area contributed by atoms with Gasteiger partial charge in [0.25, 0.3) is 0 Å². The zero-order valence-electron chi connectivity index (χ0n) is 11.1. The summed E-state index contributed by atoms with van der Waals surface area (Å²) in [5.74, 6) is 0. The monoisotopic (exact) mass is 283 g/mol. The minimum atomic E-state index is -4.50. The number of alkyl halides is 3. The molecule has 1 heterocycles. The maximum atomic E-state index is 12.8. The Labute approximate surface area is 115 Å². The molecule has 1 aromatic rings. The molecule has 108 valence electrons. The topological polar surface area (TPSA) is 53.0 Å². The molecule has 20 heavy (non-hydrogen) atoms. The van der Waals surface area contributed by atoms with Crippen molar-refractivity contribution in [1.29, 1.82) is 5.26 Å². The Bertz CT molecular complexity index is 533. The van der Waals surface area contributed by atoms with Crippen LogP contribution in [0.1, 0.15) is 30.9 Å². The molecule has 2 unspecified atom stereocenters. The van der Waals surface area contributed by atoms with E-state index in [0.717, 1.165) is 18.9 Å². The van der Waals surface area contributed by atoms with Gasteiger partial charge >= 0.3 is 6.18 Å². The third kappa shape index (κ3) is 2.88. The number of benzene rings is 1. The number of hydrogen-bond acceptors (Lipinski definition) is 3. The van der Waals surface area contributed by atoms with Gasteiger partial charge < -0.3 is 10.6 Å². The van der Waals surface area contributed by atoms with Gasteiger partial charge in [-0.05, 0) is 38.0 Å². The molecule has 1 aliphatic heterocycles. The lowest BCUT2D eigenvalue weighted by Gasteiger charge is -2.38. The van der Waals surface area contributed by atoms with E-state index in [9.17, 15) is 13.2 Å². The van der Waals surface area contributed by atoms with E-state index in [4.69, 9.17) is 11.0 Å². The molecule has 3 nitrogen and oxygen atoms in total. The minimum Gasteiger partial charge on any atom is -0.369 e. The molecule has 2 atom stereocenters. The fraction of sp³-hybridized carbons (Fsp3) is 0.500. The highest BCUT2D eigenvalue weighted by Crippen LogP contribution is 2.34. The highest BCUT2D eigenvalue weighted by atomic mass is 19.4. The quantitative estimate of drug-likeness (QED) is 0.862. The van der Waals surface area contributed by atoms with Crippen LogP contribution in [0.2, 0.25) is 0 Å². The van der Waals surface area contributed by atoms with E-state index in [1.54, 1.807) is 6.07 Å². The van der Waals surface area contributed by atoms with E-state index in [0.29, 0.717) is 12.2 Å². The molecule has 0 bridgehead atoms. The molecule has 0 spiro atoms. The van der Waals surface area contributed by atoms with Gasteiger partial charge in [0, 0.05) is 24.3 Å². The van der Waals surface area contributed by atoms with Crippen LogP contribution in [0.4, 0.5) is 18.9 Å². The average Bonchev–Trinajstić information content (AvgIpc) is 2.37. The van der Waals surface area contributed by atoms with Gasteiger partial charge in [-0.2, -0.15) is 18.4 Å². The summed E-state index contributed by atoms with van der Waals surface area (Å²) in [6, 6.07) is 5.64. The minimum absolute atomic E-state index is 0.131. The van der Waals surface area contributed by atoms with E-state index in [-0.39, 0.29) is 17.6 Å². The average molecular weight is 283 g/mol. The first-order chi connectivity index (χ1) is 9.32. The molecule has 0 radical (unpaired) electrons. The standard InChI is InChI=1S/C14H16F3N3/c1-9-6-11(19)4-5-20(9)12-2-3-13(14(15,16)17)10(7-12)8-18/h2-3,7,9,11H,4-6,19H2,1H3. The number of rotatable bonds is 1. The van der Waals surface area contributed by atoms with Crippen LogP contribution in [-0.2, 0) is 6.18 Å². The molecule has 0 aromatic heterocycles. The largest absolute Gasteiger partial charge is 0.417 e. The van der Waals surface area contributed by atoms with Gasteiger partial charge in [-0.3, -0.25) is 0 Å². The zero-order valence-corrected chi connectivity index (χ0v) is 11.1. The van der Waals surface area contributed by atoms with Gasteiger partial charge in [-0.15, -0.1) is 0 Å². The highest BCUT2D eigenvalue weighted by Gasteiger charge is 2.34. The highest BCUT2D eigenvalue weighted by molar-refractivity contribution is 5.56. The first-order valence-electron chi connectivity index (χ1n) is 6.46. The van der Waals surface area contributed by atoms with Gasteiger partial charge in [-0.25, -0.2) is 0 Å². The molecule has 1 fully saturated rings. The van der Waals surface area contributed by atoms with Crippen molar-refractivity contribution < 1.29 is 13.2 Å². The summed E-state index contributed by atoms with van der Waals surface area (Å²) in [5, 5.41) is 8.92. The van der Waals surface area contributed by atoms with Gasteiger partial charge in [0.15, 0.2) is 0 Å². The second kappa shape index (κ2) is 5.33. The van der Waals surface area contributed by atoms with Crippen molar-refractivity contribution in [3.8, 4) is 6.07 Å². The second-order valence-corrected chi connectivity index (χ2v) is 5.17. The van der Waals surface area contributed by atoms with Crippen molar-refractivity contribution >= 4 is 5.69 Å². The molecular formula is C14H16F3N3. The Balaban J connectivity index is 2.33.